The minimum Gasteiger partial charge on any atom is -0.497 e. The van der Waals surface area contributed by atoms with Crippen molar-refractivity contribution in [2.45, 2.75) is 13.3 Å². The van der Waals surface area contributed by atoms with Crippen molar-refractivity contribution in [1.82, 2.24) is 24.7 Å². The van der Waals surface area contributed by atoms with E-state index in [1.165, 1.54) is 49.6 Å². The first-order valence-corrected chi connectivity index (χ1v) is 10.2. The second-order valence-corrected chi connectivity index (χ2v) is 7.35. The highest BCUT2D eigenvalue weighted by Gasteiger charge is 2.20. The SMILES string of the molecule is COc1cc(Nc2ncc(-c3cncc(C(=O)O)c3)c(-n3nc(C(F)F)cc3C)n2)cc(OC)c1. The number of anilines is 2. The molecule has 12 heteroatoms. The van der Waals surface area contributed by atoms with Crippen LogP contribution in [0.2, 0.25) is 0 Å². The summed E-state index contributed by atoms with van der Waals surface area (Å²) in [4.78, 5) is 24.2. The average Bonchev–Trinajstić information content (AvgIpc) is 3.25. The van der Waals surface area contributed by atoms with E-state index in [9.17, 15) is 18.7 Å². The Morgan fingerprint density at radius 2 is 1.77 bits per heavy atom. The third-order valence-electron chi connectivity index (χ3n) is 5.00. The molecule has 180 valence electrons. The Bertz CT molecular complexity index is 1370. The number of carboxylic acid groups (broad SMARTS) is 1. The van der Waals surface area contributed by atoms with Gasteiger partial charge in [-0.1, -0.05) is 0 Å². The van der Waals surface area contributed by atoms with Gasteiger partial charge < -0.3 is 19.9 Å². The van der Waals surface area contributed by atoms with Gasteiger partial charge in [0.2, 0.25) is 5.95 Å². The second kappa shape index (κ2) is 9.71. The number of aryl methyl sites for hydroxylation is 1. The van der Waals surface area contributed by atoms with Crippen LogP contribution >= 0.6 is 0 Å². The van der Waals surface area contributed by atoms with Gasteiger partial charge in [-0.2, -0.15) is 10.1 Å². The van der Waals surface area contributed by atoms with Crippen LogP contribution in [-0.4, -0.2) is 50.0 Å². The predicted molar refractivity (Wildman–Crippen MR) is 122 cm³/mol. The molecular formula is C23H20F2N6O4. The number of hydrogen-bond acceptors (Lipinski definition) is 8. The first-order chi connectivity index (χ1) is 16.8. The van der Waals surface area contributed by atoms with Gasteiger partial charge in [-0.3, -0.25) is 4.98 Å². The molecule has 2 N–H and O–H groups in total. The molecule has 0 aliphatic heterocycles. The van der Waals surface area contributed by atoms with E-state index in [0.29, 0.717) is 34.0 Å². The molecule has 0 aliphatic rings. The van der Waals surface area contributed by atoms with E-state index in [-0.39, 0.29) is 17.3 Å². The van der Waals surface area contributed by atoms with E-state index in [0.717, 1.165) is 0 Å². The number of aromatic carboxylic acids is 1. The number of benzene rings is 1. The molecule has 0 saturated heterocycles. The van der Waals surface area contributed by atoms with E-state index in [1.807, 2.05) is 0 Å². The number of nitrogens with zero attached hydrogens (tertiary/aromatic N) is 5. The summed E-state index contributed by atoms with van der Waals surface area (Å²) in [5.41, 5.74) is 1.21. The highest BCUT2D eigenvalue weighted by atomic mass is 19.3. The summed E-state index contributed by atoms with van der Waals surface area (Å²) in [6.45, 7) is 1.61. The zero-order valence-electron chi connectivity index (χ0n) is 18.9. The molecule has 0 bridgehead atoms. The number of nitrogens with one attached hydrogen (secondary N) is 1. The van der Waals surface area contributed by atoms with Crippen molar-refractivity contribution < 1.29 is 28.2 Å². The van der Waals surface area contributed by atoms with Gasteiger partial charge in [0.25, 0.3) is 6.43 Å². The smallest absolute Gasteiger partial charge is 0.337 e. The van der Waals surface area contributed by atoms with Crippen LogP contribution in [0.25, 0.3) is 16.9 Å². The summed E-state index contributed by atoms with van der Waals surface area (Å²) in [5, 5.41) is 16.4. The molecule has 4 rings (SSSR count). The first-order valence-electron chi connectivity index (χ1n) is 10.2. The highest BCUT2D eigenvalue weighted by molar-refractivity contribution is 5.89. The van der Waals surface area contributed by atoms with Crippen molar-refractivity contribution in [3.8, 4) is 28.4 Å². The van der Waals surface area contributed by atoms with Crippen LogP contribution in [0.1, 0.15) is 28.2 Å². The van der Waals surface area contributed by atoms with E-state index in [2.05, 4.69) is 25.4 Å². The minimum absolute atomic E-state index is 0.0513. The Balaban J connectivity index is 1.85. The lowest BCUT2D eigenvalue weighted by molar-refractivity contribution is 0.0696. The van der Waals surface area contributed by atoms with Crippen molar-refractivity contribution in [1.29, 1.82) is 0 Å². The van der Waals surface area contributed by atoms with Gasteiger partial charge in [0, 0.05) is 59.3 Å². The lowest BCUT2D eigenvalue weighted by Gasteiger charge is -2.14. The molecule has 0 radical (unpaired) electrons. The van der Waals surface area contributed by atoms with Crippen LogP contribution in [0.15, 0.2) is 48.9 Å². The van der Waals surface area contributed by atoms with Gasteiger partial charge in [-0.05, 0) is 19.1 Å². The van der Waals surface area contributed by atoms with Crippen LogP contribution in [-0.2, 0) is 0 Å². The number of halogens is 2. The number of aromatic nitrogens is 5. The van der Waals surface area contributed by atoms with Crippen molar-refractivity contribution in [2.24, 2.45) is 0 Å². The van der Waals surface area contributed by atoms with Crippen LogP contribution in [0.3, 0.4) is 0 Å². The summed E-state index contributed by atoms with van der Waals surface area (Å²) in [5.74, 6) is 0.192. The number of carbonyl (C=O) groups is 1. The quantitative estimate of drug-likeness (QED) is 0.375. The fourth-order valence-corrected chi connectivity index (χ4v) is 3.33. The summed E-state index contributed by atoms with van der Waals surface area (Å²) >= 11 is 0. The summed E-state index contributed by atoms with van der Waals surface area (Å²) < 4.78 is 38.5. The second-order valence-electron chi connectivity index (χ2n) is 7.35. The van der Waals surface area contributed by atoms with Gasteiger partial charge in [0.1, 0.15) is 17.2 Å². The van der Waals surface area contributed by atoms with Gasteiger partial charge in [0.15, 0.2) is 5.82 Å². The molecule has 0 atom stereocenters. The molecular weight excluding hydrogens is 462 g/mol. The average molecular weight is 482 g/mol. The maximum atomic E-state index is 13.3. The fraction of sp³-hybridized carbons (Fsp3) is 0.174. The molecule has 35 heavy (non-hydrogen) atoms. The fourth-order valence-electron chi connectivity index (χ4n) is 3.33. The van der Waals surface area contributed by atoms with E-state index < -0.39 is 18.1 Å². The summed E-state index contributed by atoms with van der Waals surface area (Å²) in [6, 6.07) is 7.75. The number of carboxylic acids is 1. The van der Waals surface area contributed by atoms with Gasteiger partial charge >= 0.3 is 5.97 Å². The maximum Gasteiger partial charge on any atom is 0.337 e. The molecule has 0 aliphatic carbocycles. The highest BCUT2D eigenvalue weighted by Crippen LogP contribution is 2.31. The molecule has 3 heterocycles. The van der Waals surface area contributed by atoms with Gasteiger partial charge in [-0.25, -0.2) is 23.2 Å². The van der Waals surface area contributed by atoms with Crippen LogP contribution in [0.5, 0.6) is 11.5 Å². The van der Waals surface area contributed by atoms with Crippen molar-refractivity contribution in [2.75, 3.05) is 19.5 Å². The number of hydrogen-bond donors (Lipinski definition) is 2. The van der Waals surface area contributed by atoms with Gasteiger partial charge in [0.05, 0.1) is 19.8 Å². The third kappa shape index (κ3) is 5.00. The van der Waals surface area contributed by atoms with Gasteiger partial charge in [-0.15, -0.1) is 0 Å². The van der Waals surface area contributed by atoms with E-state index in [1.54, 1.807) is 25.1 Å². The summed E-state index contributed by atoms with van der Waals surface area (Å²) in [6.07, 6.45) is 1.29. The zero-order valence-corrected chi connectivity index (χ0v) is 18.9. The monoisotopic (exact) mass is 482 g/mol. The topological polar surface area (TPSA) is 124 Å². The Hall–Kier alpha value is -4.61. The zero-order chi connectivity index (χ0) is 25.1. The Morgan fingerprint density at radius 3 is 2.37 bits per heavy atom. The van der Waals surface area contributed by atoms with Crippen LogP contribution in [0.4, 0.5) is 20.4 Å². The van der Waals surface area contributed by atoms with E-state index in [4.69, 9.17) is 9.47 Å². The minimum atomic E-state index is -2.78. The number of rotatable bonds is 8. The molecule has 0 spiro atoms. The number of methoxy groups -OCH3 is 2. The Morgan fingerprint density at radius 1 is 1.06 bits per heavy atom. The number of ether oxygens (including phenoxy) is 2. The standard InChI is InChI=1S/C23H20F2N6O4/c1-12-4-19(20(24)25)30-31(12)21-18(13-5-14(22(32)33)10-26-9-13)11-27-23(29-21)28-15-6-16(34-2)8-17(7-15)35-3/h4-11,20H,1-3H3,(H,32,33)(H,27,28,29). The van der Waals surface area contributed by atoms with Crippen molar-refractivity contribution in [3.63, 3.8) is 0 Å². The first kappa shape index (κ1) is 23.5. The molecule has 10 nitrogen and oxygen atoms in total. The molecule has 0 fully saturated rings. The number of pyridine rings is 1. The lowest BCUT2D eigenvalue weighted by atomic mass is 10.1. The molecule has 1 aromatic carbocycles. The third-order valence-corrected chi connectivity index (χ3v) is 5.00. The Labute approximate surface area is 198 Å². The molecule has 0 unspecified atom stereocenters. The van der Waals surface area contributed by atoms with E-state index >= 15 is 0 Å². The predicted octanol–water partition coefficient (Wildman–Crippen LogP) is 4.43. The lowest BCUT2D eigenvalue weighted by Crippen LogP contribution is -2.09. The Kier molecular flexibility index (Phi) is 6.53. The number of alkyl halides is 2. The maximum absolute atomic E-state index is 13.3. The largest absolute Gasteiger partial charge is 0.497 e. The normalized spacial score (nSPS) is 10.9. The van der Waals surface area contributed by atoms with Crippen molar-refractivity contribution >= 4 is 17.6 Å². The molecule has 4 aromatic rings. The molecule has 0 saturated carbocycles. The molecule has 0 amide bonds. The van der Waals surface area contributed by atoms with Crippen LogP contribution in [0, 0.1) is 6.92 Å². The van der Waals surface area contributed by atoms with Crippen molar-refractivity contribution in [3.05, 3.63) is 65.9 Å². The van der Waals surface area contributed by atoms with Crippen LogP contribution < -0.4 is 14.8 Å². The summed E-state index contributed by atoms with van der Waals surface area (Å²) in [7, 11) is 3.03. The molecule has 3 aromatic heterocycles.